The van der Waals surface area contributed by atoms with Gasteiger partial charge in [0.15, 0.2) is 0 Å². The number of amides is 4. The summed E-state index contributed by atoms with van der Waals surface area (Å²) in [6.07, 6.45) is 5.03. The van der Waals surface area contributed by atoms with Gasteiger partial charge in [0.05, 0.1) is 0 Å². The highest BCUT2D eigenvalue weighted by Crippen LogP contribution is 2.40. The van der Waals surface area contributed by atoms with Gasteiger partial charge >= 0.3 is 12.1 Å². The van der Waals surface area contributed by atoms with Crippen molar-refractivity contribution in [2.24, 2.45) is 17.1 Å². The van der Waals surface area contributed by atoms with Crippen molar-refractivity contribution in [2.45, 2.75) is 39.5 Å². The van der Waals surface area contributed by atoms with Crippen LogP contribution in [0.5, 0.6) is 0 Å². The van der Waals surface area contributed by atoms with E-state index in [-0.39, 0.29) is 6.03 Å². The molecular weight excluding hydrogens is 280 g/mol. The molecule has 2 N–H and O–H groups in total. The standard InChI is InChI=1S/C16H30N4O2/c1-16(2)7-5-4-6-13(16)12-18(3)15(22)20-10-8-19(9-11-20)14(17)21/h13H,4-12H2,1-3H3,(H2,17,21). The molecule has 2 rings (SSSR count). The smallest absolute Gasteiger partial charge is 0.319 e. The van der Waals surface area contributed by atoms with E-state index in [1.165, 1.54) is 25.7 Å². The number of rotatable bonds is 2. The van der Waals surface area contributed by atoms with Crippen molar-refractivity contribution in [2.75, 3.05) is 39.8 Å². The predicted octanol–water partition coefficient (Wildman–Crippen LogP) is 1.95. The first-order valence-electron chi connectivity index (χ1n) is 8.35. The number of carbonyl (C=O) groups excluding carboxylic acids is 2. The van der Waals surface area contributed by atoms with Gasteiger partial charge in [-0.3, -0.25) is 0 Å². The Hall–Kier alpha value is -1.46. The number of piperazine rings is 1. The van der Waals surface area contributed by atoms with Gasteiger partial charge in [0.25, 0.3) is 0 Å². The molecule has 2 fully saturated rings. The van der Waals surface area contributed by atoms with E-state index in [1.807, 2.05) is 16.8 Å². The number of hydrogen-bond acceptors (Lipinski definition) is 2. The van der Waals surface area contributed by atoms with E-state index in [0.717, 1.165) is 6.54 Å². The highest BCUT2D eigenvalue weighted by Gasteiger charge is 2.34. The van der Waals surface area contributed by atoms with Crippen molar-refractivity contribution in [1.29, 1.82) is 0 Å². The summed E-state index contributed by atoms with van der Waals surface area (Å²) >= 11 is 0. The molecule has 1 heterocycles. The van der Waals surface area contributed by atoms with Crippen LogP contribution in [0.25, 0.3) is 0 Å². The Bertz CT molecular complexity index is 416. The summed E-state index contributed by atoms with van der Waals surface area (Å²) in [7, 11) is 1.90. The van der Waals surface area contributed by atoms with Crippen molar-refractivity contribution < 1.29 is 9.59 Å². The molecule has 1 aliphatic heterocycles. The van der Waals surface area contributed by atoms with Crippen molar-refractivity contribution in [3.05, 3.63) is 0 Å². The van der Waals surface area contributed by atoms with Crippen LogP contribution in [-0.4, -0.2) is 66.5 Å². The lowest BCUT2D eigenvalue weighted by molar-refractivity contribution is 0.0876. The van der Waals surface area contributed by atoms with Crippen LogP contribution < -0.4 is 5.73 Å². The molecule has 6 nitrogen and oxygen atoms in total. The van der Waals surface area contributed by atoms with E-state index in [2.05, 4.69) is 13.8 Å². The number of nitrogens with zero attached hydrogens (tertiary/aromatic N) is 3. The number of carbonyl (C=O) groups is 2. The second-order valence-electron chi connectivity index (χ2n) is 7.41. The van der Waals surface area contributed by atoms with Gasteiger partial charge in [-0.15, -0.1) is 0 Å². The Labute approximate surface area is 133 Å². The van der Waals surface area contributed by atoms with Gasteiger partial charge in [0.2, 0.25) is 0 Å². The van der Waals surface area contributed by atoms with Gasteiger partial charge in [0, 0.05) is 39.8 Å². The van der Waals surface area contributed by atoms with Crippen LogP contribution in [0.4, 0.5) is 9.59 Å². The molecule has 22 heavy (non-hydrogen) atoms. The van der Waals surface area contributed by atoms with E-state index in [9.17, 15) is 9.59 Å². The highest BCUT2D eigenvalue weighted by atomic mass is 16.2. The van der Waals surface area contributed by atoms with Gasteiger partial charge in [-0.25, -0.2) is 9.59 Å². The zero-order chi connectivity index (χ0) is 16.3. The summed E-state index contributed by atoms with van der Waals surface area (Å²) < 4.78 is 0. The van der Waals surface area contributed by atoms with Gasteiger partial charge in [0.1, 0.15) is 0 Å². The summed E-state index contributed by atoms with van der Waals surface area (Å²) in [5.41, 5.74) is 5.59. The summed E-state index contributed by atoms with van der Waals surface area (Å²) in [6.45, 7) is 7.66. The molecule has 0 bridgehead atoms. The van der Waals surface area contributed by atoms with E-state index < -0.39 is 6.03 Å². The molecule has 4 amide bonds. The third-order valence-corrected chi connectivity index (χ3v) is 5.41. The van der Waals surface area contributed by atoms with Crippen LogP contribution in [-0.2, 0) is 0 Å². The first-order valence-corrected chi connectivity index (χ1v) is 8.35. The van der Waals surface area contributed by atoms with Crippen LogP contribution in [0.1, 0.15) is 39.5 Å². The second-order valence-corrected chi connectivity index (χ2v) is 7.41. The molecule has 0 spiro atoms. The maximum Gasteiger partial charge on any atom is 0.319 e. The minimum atomic E-state index is -0.399. The molecule has 0 aromatic rings. The average molecular weight is 310 g/mol. The van der Waals surface area contributed by atoms with Crippen molar-refractivity contribution in [3.8, 4) is 0 Å². The minimum absolute atomic E-state index is 0.0745. The molecule has 1 atom stereocenters. The third-order valence-electron chi connectivity index (χ3n) is 5.41. The lowest BCUT2D eigenvalue weighted by Gasteiger charge is -2.42. The van der Waals surface area contributed by atoms with Gasteiger partial charge in [-0.05, 0) is 24.2 Å². The fourth-order valence-corrected chi connectivity index (χ4v) is 3.67. The number of hydrogen-bond donors (Lipinski definition) is 1. The molecule has 1 unspecified atom stereocenters. The molecule has 0 aromatic carbocycles. The van der Waals surface area contributed by atoms with Crippen LogP contribution in [0.15, 0.2) is 0 Å². The monoisotopic (exact) mass is 310 g/mol. The Balaban J connectivity index is 1.86. The Morgan fingerprint density at radius 2 is 1.73 bits per heavy atom. The lowest BCUT2D eigenvalue weighted by Crippen LogP contribution is -2.55. The van der Waals surface area contributed by atoms with Gasteiger partial charge in [-0.1, -0.05) is 26.7 Å². The zero-order valence-electron chi connectivity index (χ0n) is 14.2. The summed E-state index contributed by atoms with van der Waals surface area (Å²) in [5, 5.41) is 0. The van der Waals surface area contributed by atoms with E-state index in [1.54, 1.807) is 4.90 Å². The lowest BCUT2D eigenvalue weighted by atomic mass is 9.69. The molecule has 1 aliphatic carbocycles. The maximum atomic E-state index is 12.6. The van der Waals surface area contributed by atoms with Gasteiger partial charge in [-0.2, -0.15) is 0 Å². The van der Waals surface area contributed by atoms with Crippen LogP contribution in [0, 0.1) is 11.3 Å². The van der Waals surface area contributed by atoms with Crippen molar-refractivity contribution in [3.63, 3.8) is 0 Å². The predicted molar refractivity (Wildman–Crippen MR) is 86.5 cm³/mol. The summed E-state index contributed by atoms with van der Waals surface area (Å²) in [4.78, 5) is 29.0. The Kier molecular flexibility index (Phi) is 5.19. The minimum Gasteiger partial charge on any atom is -0.351 e. The Morgan fingerprint density at radius 3 is 2.27 bits per heavy atom. The topological polar surface area (TPSA) is 69.9 Å². The third kappa shape index (κ3) is 3.84. The SMILES string of the molecule is CN(CC1CCCCC1(C)C)C(=O)N1CCN(C(N)=O)CC1. The number of nitrogens with two attached hydrogens (primary N) is 1. The molecular formula is C16H30N4O2. The van der Waals surface area contributed by atoms with E-state index >= 15 is 0 Å². The second kappa shape index (κ2) is 6.75. The fourth-order valence-electron chi connectivity index (χ4n) is 3.67. The Morgan fingerprint density at radius 1 is 1.14 bits per heavy atom. The van der Waals surface area contributed by atoms with E-state index in [0.29, 0.717) is 37.5 Å². The average Bonchev–Trinajstić information content (AvgIpc) is 2.48. The first-order chi connectivity index (χ1) is 10.3. The number of urea groups is 2. The number of primary amides is 1. The fraction of sp³-hybridized carbons (Fsp3) is 0.875. The summed E-state index contributed by atoms with van der Waals surface area (Å²) in [5.74, 6) is 0.571. The zero-order valence-corrected chi connectivity index (χ0v) is 14.2. The van der Waals surface area contributed by atoms with Crippen molar-refractivity contribution >= 4 is 12.1 Å². The van der Waals surface area contributed by atoms with Crippen molar-refractivity contribution in [1.82, 2.24) is 14.7 Å². The van der Waals surface area contributed by atoms with Crippen LogP contribution in [0.3, 0.4) is 0 Å². The molecule has 0 radical (unpaired) electrons. The molecule has 0 aromatic heterocycles. The molecule has 6 heteroatoms. The molecule has 1 saturated carbocycles. The normalized spacial score (nSPS) is 25.0. The quantitative estimate of drug-likeness (QED) is 0.847. The van der Waals surface area contributed by atoms with E-state index in [4.69, 9.17) is 5.73 Å². The van der Waals surface area contributed by atoms with Crippen LogP contribution >= 0.6 is 0 Å². The molecule has 1 saturated heterocycles. The highest BCUT2D eigenvalue weighted by molar-refractivity contribution is 5.75. The van der Waals surface area contributed by atoms with Gasteiger partial charge < -0.3 is 20.4 Å². The van der Waals surface area contributed by atoms with Crippen LogP contribution in [0.2, 0.25) is 0 Å². The first kappa shape index (κ1) is 16.9. The summed E-state index contributed by atoms with van der Waals surface area (Å²) in [6, 6.07) is -0.324. The molecule has 2 aliphatic rings. The largest absolute Gasteiger partial charge is 0.351 e. The molecule has 126 valence electrons. The maximum absolute atomic E-state index is 12.6.